The van der Waals surface area contributed by atoms with Crippen molar-refractivity contribution in [2.75, 3.05) is 31.7 Å². The average molecular weight is 322 g/mol. The number of carbonyl (C=O) groups is 1. The number of carbonyl (C=O) groups excluding carboxylic acids is 1. The Balaban J connectivity index is 1.94. The lowest BCUT2D eigenvalue weighted by molar-refractivity contribution is -0.139. The number of urea groups is 1. The summed E-state index contributed by atoms with van der Waals surface area (Å²) in [5.74, 6) is -1.53. The molecule has 122 valence electrons. The van der Waals surface area contributed by atoms with Crippen molar-refractivity contribution in [3.8, 4) is 0 Å². The molecule has 0 saturated carbocycles. The third-order valence-electron chi connectivity index (χ3n) is 2.93. The molecule has 2 N–H and O–H groups in total. The Morgan fingerprint density at radius 2 is 2.09 bits per heavy atom. The van der Waals surface area contributed by atoms with Crippen molar-refractivity contribution in [1.82, 2.24) is 5.32 Å². The molecule has 9 heteroatoms. The van der Waals surface area contributed by atoms with Crippen LogP contribution in [0.1, 0.15) is 5.56 Å². The van der Waals surface area contributed by atoms with Crippen LogP contribution >= 0.6 is 0 Å². The van der Waals surface area contributed by atoms with E-state index >= 15 is 0 Å². The minimum Gasteiger partial charge on any atom is -0.376 e. The second kappa shape index (κ2) is 6.93. The summed E-state index contributed by atoms with van der Waals surface area (Å²) in [7, 11) is 0. The number of alkyl halides is 3. The molecule has 0 aromatic heterocycles. The quantitative estimate of drug-likeness (QED) is 0.840. The highest BCUT2D eigenvalue weighted by Crippen LogP contribution is 2.33. The van der Waals surface area contributed by atoms with Gasteiger partial charge in [0, 0.05) is 6.54 Å². The molecule has 2 amide bonds. The predicted molar refractivity (Wildman–Crippen MR) is 69.0 cm³/mol. The molecule has 1 atom stereocenters. The van der Waals surface area contributed by atoms with Crippen molar-refractivity contribution < 1.29 is 31.8 Å². The molecular formula is C13H14F4N2O3. The highest BCUT2D eigenvalue weighted by Gasteiger charge is 2.35. The summed E-state index contributed by atoms with van der Waals surface area (Å²) in [5, 5.41) is 4.42. The molecule has 2 rings (SSSR count). The zero-order chi connectivity index (χ0) is 16.2. The first-order chi connectivity index (χ1) is 10.4. The zero-order valence-electron chi connectivity index (χ0n) is 11.4. The van der Waals surface area contributed by atoms with Gasteiger partial charge in [-0.25, -0.2) is 9.18 Å². The van der Waals surface area contributed by atoms with Gasteiger partial charge in [-0.05, 0) is 12.1 Å². The van der Waals surface area contributed by atoms with Gasteiger partial charge in [0.15, 0.2) is 5.82 Å². The Hall–Kier alpha value is -1.87. The van der Waals surface area contributed by atoms with E-state index in [1.54, 1.807) is 0 Å². The van der Waals surface area contributed by atoms with E-state index in [1.165, 1.54) is 0 Å². The Labute approximate surface area is 123 Å². The number of anilines is 1. The van der Waals surface area contributed by atoms with Gasteiger partial charge < -0.3 is 20.1 Å². The largest absolute Gasteiger partial charge is 0.419 e. The average Bonchev–Trinajstić information content (AvgIpc) is 2.47. The Kier molecular flexibility index (Phi) is 5.19. The fourth-order valence-electron chi connectivity index (χ4n) is 1.87. The molecular weight excluding hydrogens is 308 g/mol. The molecule has 22 heavy (non-hydrogen) atoms. The molecule has 0 aliphatic carbocycles. The van der Waals surface area contributed by atoms with Crippen LogP contribution in [0.4, 0.5) is 28.0 Å². The van der Waals surface area contributed by atoms with Crippen LogP contribution in [-0.2, 0) is 15.7 Å². The maximum absolute atomic E-state index is 13.7. The number of hydrogen-bond acceptors (Lipinski definition) is 3. The first-order valence-corrected chi connectivity index (χ1v) is 6.48. The first-order valence-electron chi connectivity index (χ1n) is 6.48. The number of benzene rings is 1. The minimum atomic E-state index is -4.83. The van der Waals surface area contributed by atoms with Gasteiger partial charge >= 0.3 is 12.2 Å². The van der Waals surface area contributed by atoms with Crippen molar-refractivity contribution in [3.05, 3.63) is 29.6 Å². The van der Waals surface area contributed by atoms with Crippen LogP contribution in [0.5, 0.6) is 0 Å². The van der Waals surface area contributed by atoms with Gasteiger partial charge in [-0.15, -0.1) is 0 Å². The lowest BCUT2D eigenvalue weighted by atomic mass is 10.2. The molecule has 1 fully saturated rings. The Morgan fingerprint density at radius 1 is 1.32 bits per heavy atom. The van der Waals surface area contributed by atoms with Crippen molar-refractivity contribution in [3.63, 3.8) is 0 Å². The van der Waals surface area contributed by atoms with E-state index in [-0.39, 0.29) is 12.6 Å². The first kappa shape index (κ1) is 16.5. The highest BCUT2D eigenvalue weighted by atomic mass is 19.4. The summed E-state index contributed by atoms with van der Waals surface area (Å²) >= 11 is 0. The molecule has 1 aliphatic heterocycles. The molecule has 1 aliphatic rings. The summed E-state index contributed by atoms with van der Waals surface area (Å²) in [6, 6.07) is 1.84. The molecule has 0 radical (unpaired) electrons. The normalized spacial score (nSPS) is 18.8. The number of hydrogen-bond donors (Lipinski definition) is 2. The Morgan fingerprint density at radius 3 is 2.73 bits per heavy atom. The van der Waals surface area contributed by atoms with Crippen molar-refractivity contribution in [1.29, 1.82) is 0 Å². The number of halogens is 4. The number of nitrogens with one attached hydrogen (secondary N) is 2. The van der Waals surface area contributed by atoms with Gasteiger partial charge in [0.25, 0.3) is 0 Å². The van der Waals surface area contributed by atoms with E-state index in [2.05, 4.69) is 5.32 Å². The molecule has 1 aromatic carbocycles. The van der Waals surface area contributed by atoms with Crippen LogP contribution in [0.25, 0.3) is 0 Å². The smallest absolute Gasteiger partial charge is 0.376 e. The van der Waals surface area contributed by atoms with E-state index in [0.717, 1.165) is 12.1 Å². The zero-order valence-corrected chi connectivity index (χ0v) is 11.4. The minimum absolute atomic E-state index is 0.104. The molecule has 0 unspecified atom stereocenters. The summed E-state index contributed by atoms with van der Waals surface area (Å²) < 4.78 is 61.8. The van der Waals surface area contributed by atoms with E-state index in [9.17, 15) is 22.4 Å². The molecule has 0 spiro atoms. The number of ether oxygens (including phenoxy) is 2. The van der Waals surface area contributed by atoms with Crippen molar-refractivity contribution >= 4 is 11.7 Å². The lowest BCUT2D eigenvalue weighted by Crippen LogP contribution is -2.41. The fraction of sp³-hybridized carbons (Fsp3) is 0.462. The van der Waals surface area contributed by atoms with E-state index in [0.29, 0.717) is 25.9 Å². The van der Waals surface area contributed by atoms with Gasteiger partial charge in [-0.1, -0.05) is 6.07 Å². The molecule has 1 heterocycles. The van der Waals surface area contributed by atoms with Crippen molar-refractivity contribution in [2.45, 2.75) is 12.3 Å². The Bertz CT molecular complexity index is 531. The van der Waals surface area contributed by atoms with Gasteiger partial charge in [0.05, 0.1) is 37.2 Å². The third kappa shape index (κ3) is 4.31. The van der Waals surface area contributed by atoms with Gasteiger partial charge in [0.1, 0.15) is 0 Å². The second-order valence-electron chi connectivity index (χ2n) is 4.57. The van der Waals surface area contributed by atoms with Gasteiger partial charge in [-0.2, -0.15) is 13.2 Å². The maximum Gasteiger partial charge on any atom is 0.419 e. The van der Waals surface area contributed by atoms with E-state index in [1.807, 2.05) is 5.32 Å². The van der Waals surface area contributed by atoms with Crippen LogP contribution in [0.15, 0.2) is 18.2 Å². The van der Waals surface area contributed by atoms with E-state index in [4.69, 9.17) is 9.47 Å². The summed E-state index contributed by atoms with van der Waals surface area (Å²) in [5.41, 5.74) is -1.98. The lowest BCUT2D eigenvalue weighted by Gasteiger charge is -2.23. The van der Waals surface area contributed by atoms with Crippen LogP contribution in [-0.4, -0.2) is 38.5 Å². The molecule has 1 saturated heterocycles. The highest BCUT2D eigenvalue weighted by molar-refractivity contribution is 5.89. The summed E-state index contributed by atoms with van der Waals surface area (Å²) in [4.78, 5) is 11.6. The van der Waals surface area contributed by atoms with Gasteiger partial charge in [-0.3, -0.25) is 0 Å². The topological polar surface area (TPSA) is 59.6 Å². The predicted octanol–water partition coefficient (Wildman–Crippen LogP) is 2.38. The number of rotatable bonds is 3. The summed E-state index contributed by atoms with van der Waals surface area (Å²) in [6.07, 6.45) is -5.17. The fourth-order valence-corrected chi connectivity index (χ4v) is 1.87. The van der Waals surface area contributed by atoms with Gasteiger partial charge in [0.2, 0.25) is 0 Å². The number of amides is 2. The molecule has 5 nitrogen and oxygen atoms in total. The van der Waals surface area contributed by atoms with Crippen molar-refractivity contribution in [2.24, 2.45) is 0 Å². The van der Waals surface area contributed by atoms with Crippen LogP contribution in [0.3, 0.4) is 0 Å². The van der Waals surface area contributed by atoms with Crippen LogP contribution < -0.4 is 10.6 Å². The second-order valence-corrected chi connectivity index (χ2v) is 4.57. The maximum atomic E-state index is 13.7. The van der Waals surface area contributed by atoms with E-state index < -0.39 is 29.3 Å². The summed E-state index contributed by atoms with van der Waals surface area (Å²) in [6.45, 7) is 1.28. The van der Waals surface area contributed by atoms with Crippen LogP contribution in [0, 0.1) is 5.82 Å². The SMILES string of the molecule is O=C(NC[C@H]1COCCO1)Nc1cccc(C(F)(F)F)c1F. The molecule has 0 bridgehead atoms. The monoisotopic (exact) mass is 322 g/mol. The third-order valence-corrected chi connectivity index (χ3v) is 2.93. The molecule has 1 aromatic rings. The van der Waals surface area contributed by atoms with Crippen LogP contribution in [0.2, 0.25) is 0 Å². The standard InChI is InChI=1S/C13H14F4N2O3/c14-11-9(13(15,16)17)2-1-3-10(11)19-12(20)18-6-8-7-21-4-5-22-8/h1-3,8H,4-7H2,(H2,18,19,20)/t8-/m0/s1.